The third kappa shape index (κ3) is 4.58. The molecule has 50 heavy (non-hydrogen) atoms. The van der Waals surface area contributed by atoms with Crippen LogP contribution in [0.5, 0.6) is 0 Å². The van der Waals surface area contributed by atoms with Crippen LogP contribution in [0.25, 0.3) is 95.0 Å². The van der Waals surface area contributed by atoms with Crippen molar-refractivity contribution in [3.63, 3.8) is 0 Å². The van der Waals surface area contributed by atoms with Crippen LogP contribution in [-0.2, 0) is 0 Å². The average Bonchev–Trinajstić information content (AvgIpc) is 3.74. The number of furan rings is 1. The molecule has 6 aromatic carbocycles. The lowest BCUT2D eigenvalue weighted by Gasteiger charge is -2.12. The smallest absolute Gasteiger partial charge is 0.235 e. The van der Waals surface area contributed by atoms with Gasteiger partial charge in [-0.2, -0.15) is 0 Å². The van der Waals surface area contributed by atoms with Crippen LogP contribution in [0.4, 0.5) is 0 Å². The van der Waals surface area contributed by atoms with Gasteiger partial charge in [0, 0.05) is 38.4 Å². The fourth-order valence-corrected chi connectivity index (χ4v) is 6.89. The summed E-state index contributed by atoms with van der Waals surface area (Å²) in [6.45, 7) is 0. The van der Waals surface area contributed by atoms with Crippen molar-refractivity contribution in [2.45, 2.75) is 0 Å². The monoisotopic (exact) mass is 641 g/mol. The van der Waals surface area contributed by atoms with Gasteiger partial charge < -0.3 is 4.42 Å². The van der Waals surface area contributed by atoms with Crippen molar-refractivity contribution >= 4 is 43.9 Å². The van der Waals surface area contributed by atoms with Crippen LogP contribution in [-0.4, -0.2) is 24.5 Å². The number of hydrogen-bond acceptors (Lipinski definition) is 5. The topological polar surface area (TPSA) is 69.6 Å². The molecule has 0 aliphatic heterocycles. The molecule has 0 amide bonds. The molecule has 234 valence electrons. The van der Waals surface area contributed by atoms with E-state index in [1.807, 2.05) is 72.8 Å². The van der Waals surface area contributed by atoms with Crippen LogP contribution in [0.3, 0.4) is 0 Å². The average molecular weight is 642 g/mol. The van der Waals surface area contributed by atoms with E-state index in [-0.39, 0.29) is 0 Å². The fraction of sp³-hybridized carbons (Fsp3) is 0. The van der Waals surface area contributed by atoms with Crippen LogP contribution in [0.15, 0.2) is 168 Å². The molecular weight excluding hydrogens is 615 g/mol. The Bertz CT molecular complexity index is 2800. The summed E-state index contributed by atoms with van der Waals surface area (Å²) in [5.41, 5.74) is 10.7. The van der Waals surface area contributed by atoms with E-state index in [4.69, 9.17) is 24.4 Å². The SMILES string of the molecule is c1ccc(-c2cc(-c3ccccc3)nc(-n3c4ccccc4c4cc(-c5nc(-c6ccccc6)c6oc7ccccc7c6n5)ccc43)n2)cc1. The molecule has 0 saturated heterocycles. The first-order chi connectivity index (χ1) is 24.8. The number of fused-ring (bicyclic) bond motifs is 6. The van der Waals surface area contributed by atoms with Gasteiger partial charge in [-0.1, -0.05) is 121 Å². The van der Waals surface area contributed by atoms with Gasteiger partial charge in [0.2, 0.25) is 5.95 Å². The van der Waals surface area contributed by atoms with Crippen molar-refractivity contribution in [2.24, 2.45) is 0 Å². The molecule has 6 nitrogen and oxygen atoms in total. The van der Waals surface area contributed by atoms with Gasteiger partial charge in [-0.25, -0.2) is 19.9 Å². The van der Waals surface area contributed by atoms with Crippen molar-refractivity contribution in [1.82, 2.24) is 24.5 Å². The number of rotatable bonds is 5. The highest BCUT2D eigenvalue weighted by Gasteiger charge is 2.21. The van der Waals surface area contributed by atoms with E-state index >= 15 is 0 Å². The quantitative estimate of drug-likeness (QED) is 0.187. The number of para-hydroxylation sites is 2. The van der Waals surface area contributed by atoms with E-state index in [0.29, 0.717) is 17.4 Å². The fourth-order valence-electron chi connectivity index (χ4n) is 6.89. The van der Waals surface area contributed by atoms with Crippen molar-refractivity contribution in [2.75, 3.05) is 0 Å². The number of benzene rings is 6. The van der Waals surface area contributed by atoms with Crippen LogP contribution in [0.1, 0.15) is 0 Å². The highest BCUT2D eigenvalue weighted by Crippen LogP contribution is 2.38. The number of hydrogen-bond donors (Lipinski definition) is 0. The Labute approximate surface area is 287 Å². The van der Waals surface area contributed by atoms with Crippen molar-refractivity contribution in [3.05, 3.63) is 164 Å². The van der Waals surface area contributed by atoms with E-state index in [1.165, 1.54) is 0 Å². The summed E-state index contributed by atoms with van der Waals surface area (Å²) in [5, 5.41) is 3.12. The van der Waals surface area contributed by atoms with Gasteiger partial charge in [-0.3, -0.25) is 4.57 Å². The predicted octanol–water partition coefficient (Wildman–Crippen LogP) is 10.9. The highest BCUT2D eigenvalue weighted by molar-refractivity contribution is 6.11. The van der Waals surface area contributed by atoms with Gasteiger partial charge in [0.1, 0.15) is 16.8 Å². The molecule has 0 fully saturated rings. The molecule has 4 aromatic heterocycles. The summed E-state index contributed by atoms with van der Waals surface area (Å²) in [5.74, 6) is 1.24. The Morgan fingerprint density at radius 3 is 1.70 bits per heavy atom. The van der Waals surface area contributed by atoms with Gasteiger partial charge >= 0.3 is 0 Å². The maximum Gasteiger partial charge on any atom is 0.235 e. The molecular formula is C44H27N5O. The Hall–Kier alpha value is -6.92. The normalized spacial score (nSPS) is 11.6. The van der Waals surface area contributed by atoms with Crippen LogP contribution >= 0.6 is 0 Å². The molecule has 0 spiro atoms. The summed E-state index contributed by atoms with van der Waals surface area (Å²) in [6.07, 6.45) is 0. The number of aromatic nitrogens is 5. The van der Waals surface area contributed by atoms with Crippen molar-refractivity contribution in [3.8, 4) is 51.1 Å². The minimum absolute atomic E-state index is 0.609. The van der Waals surface area contributed by atoms with E-state index in [2.05, 4.69) is 95.6 Å². The van der Waals surface area contributed by atoms with Crippen LogP contribution in [0, 0.1) is 0 Å². The molecule has 0 radical (unpaired) electrons. The second-order valence-electron chi connectivity index (χ2n) is 12.3. The third-order valence-corrected chi connectivity index (χ3v) is 9.25. The van der Waals surface area contributed by atoms with Crippen LogP contribution < -0.4 is 0 Å². The Morgan fingerprint density at radius 2 is 1.00 bits per heavy atom. The summed E-state index contributed by atoms with van der Waals surface area (Å²) in [6, 6.07) is 55.6. The van der Waals surface area contributed by atoms with Crippen LogP contribution in [0.2, 0.25) is 0 Å². The highest BCUT2D eigenvalue weighted by atomic mass is 16.3. The molecule has 0 bridgehead atoms. The Kier molecular flexibility index (Phi) is 6.39. The first kappa shape index (κ1) is 28.1. The maximum absolute atomic E-state index is 6.35. The molecule has 0 aliphatic rings. The minimum atomic E-state index is 0.609. The Morgan fingerprint density at radius 1 is 0.420 bits per heavy atom. The minimum Gasteiger partial charge on any atom is -0.452 e. The zero-order valence-corrected chi connectivity index (χ0v) is 26.7. The van der Waals surface area contributed by atoms with Gasteiger partial charge in [-0.15, -0.1) is 0 Å². The van der Waals surface area contributed by atoms with E-state index in [9.17, 15) is 0 Å². The van der Waals surface area contributed by atoms with E-state index < -0.39 is 0 Å². The standard InChI is InChI=1S/C44H27N5O/c1-4-14-28(15-5-1)35-27-36(29-16-6-2-7-17-29)46-44(45-35)49-37-22-12-10-20-32(37)34-26-31(24-25-38(34)49)43-47-40(30-18-8-3-9-19-30)42-41(48-43)33-21-11-13-23-39(33)50-42/h1-27H. The third-order valence-electron chi connectivity index (χ3n) is 9.25. The first-order valence-electron chi connectivity index (χ1n) is 16.6. The van der Waals surface area contributed by atoms with E-state index in [0.717, 1.165) is 77.6 Å². The Balaban J connectivity index is 1.21. The van der Waals surface area contributed by atoms with Gasteiger partial charge in [-0.05, 0) is 42.5 Å². The molecule has 0 aliphatic carbocycles. The molecule has 4 heterocycles. The second kappa shape index (κ2) is 11.4. The lowest BCUT2D eigenvalue weighted by molar-refractivity contribution is 0.667. The molecule has 6 heteroatoms. The zero-order chi connectivity index (χ0) is 33.0. The summed E-state index contributed by atoms with van der Waals surface area (Å²) >= 11 is 0. The van der Waals surface area contributed by atoms with Gasteiger partial charge in [0.25, 0.3) is 0 Å². The lowest BCUT2D eigenvalue weighted by Crippen LogP contribution is -2.04. The molecule has 10 rings (SSSR count). The largest absolute Gasteiger partial charge is 0.452 e. The molecule has 0 N–H and O–H groups in total. The summed E-state index contributed by atoms with van der Waals surface area (Å²) in [7, 11) is 0. The first-order valence-corrected chi connectivity index (χ1v) is 16.6. The maximum atomic E-state index is 6.35. The van der Waals surface area contributed by atoms with Crippen molar-refractivity contribution in [1.29, 1.82) is 0 Å². The van der Waals surface area contributed by atoms with Gasteiger partial charge in [0.15, 0.2) is 11.4 Å². The number of nitrogens with zero attached hydrogens (tertiary/aromatic N) is 5. The summed E-state index contributed by atoms with van der Waals surface area (Å²) < 4.78 is 8.51. The predicted molar refractivity (Wildman–Crippen MR) is 201 cm³/mol. The molecule has 0 unspecified atom stereocenters. The molecule has 0 atom stereocenters. The van der Waals surface area contributed by atoms with Crippen molar-refractivity contribution < 1.29 is 4.42 Å². The zero-order valence-electron chi connectivity index (χ0n) is 26.7. The second-order valence-corrected chi connectivity index (χ2v) is 12.3. The lowest BCUT2D eigenvalue weighted by atomic mass is 10.1. The molecule has 10 aromatic rings. The van der Waals surface area contributed by atoms with Gasteiger partial charge in [0.05, 0.1) is 22.4 Å². The summed E-state index contributed by atoms with van der Waals surface area (Å²) in [4.78, 5) is 20.6. The molecule has 0 saturated carbocycles. The van der Waals surface area contributed by atoms with E-state index in [1.54, 1.807) is 0 Å².